The molecule has 10 heteroatoms. The van der Waals surface area contributed by atoms with Gasteiger partial charge in [-0.1, -0.05) is 29.5 Å². The number of carbonyl (C=O) groups excluding carboxylic acids is 2. The van der Waals surface area contributed by atoms with Crippen LogP contribution in [0.2, 0.25) is 0 Å². The maximum absolute atomic E-state index is 13.4. The van der Waals surface area contributed by atoms with Gasteiger partial charge in [0.1, 0.15) is 11.5 Å². The maximum atomic E-state index is 13.4. The molecule has 9 nitrogen and oxygen atoms in total. The van der Waals surface area contributed by atoms with Gasteiger partial charge < -0.3 is 9.84 Å². The van der Waals surface area contributed by atoms with Crippen LogP contribution in [0.5, 0.6) is 5.75 Å². The summed E-state index contributed by atoms with van der Waals surface area (Å²) in [7, 11) is 0. The molecule has 0 spiro atoms. The predicted octanol–water partition coefficient (Wildman–Crippen LogP) is 5.54. The van der Waals surface area contributed by atoms with E-state index in [1.54, 1.807) is 30.3 Å². The van der Waals surface area contributed by atoms with Crippen LogP contribution in [0.4, 0.5) is 10.8 Å². The zero-order valence-electron chi connectivity index (χ0n) is 19.9. The van der Waals surface area contributed by atoms with Crippen LogP contribution in [-0.2, 0) is 9.59 Å². The first kappa shape index (κ1) is 24.1. The number of amides is 1. The van der Waals surface area contributed by atoms with E-state index >= 15 is 0 Å². The Hall–Kier alpha value is -4.57. The van der Waals surface area contributed by atoms with Gasteiger partial charge in [0.2, 0.25) is 0 Å². The fourth-order valence-electron chi connectivity index (χ4n) is 4.31. The number of hydrogen-bond donors (Lipinski definition) is 1. The van der Waals surface area contributed by atoms with Crippen molar-refractivity contribution in [1.82, 2.24) is 4.98 Å². The lowest BCUT2D eigenvalue weighted by Crippen LogP contribution is -2.29. The first-order valence-corrected chi connectivity index (χ1v) is 12.3. The Morgan fingerprint density at radius 1 is 1.14 bits per heavy atom. The normalized spacial score (nSPS) is 16.9. The lowest BCUT2D eigenvalue weighted by atomic mass is 9.95. The minimum absolute atomic E-state index is 0.176. The van der Waals surface area contributed by atoms with Crippen LogP contribution in [0.1, 0.15) is 29.7 Å². The number of nitro groups is 1. The summed E-state index contributed by atoms with van der Waals surface area (Å²) in [6.07, 6.45) is 0. The van der Waals surface area contributed by atoms with E-state index in [0.29, 0.717) is 29.0 Å². The number of fused-ring (bicyclic) bond motifs is 1. The van der Waals surface area contributed by atoms with Crippen molar-refractivity contribution in [2.45, 2.75) is 19.9 Å². The van der Waals surface area contributed by atoms with Crippen LogP contribution < -0.4 is 9.64 Å². The molecule has 1 aliphatic heterocycles. The molecular weight excluding hydrogens is 494 g/mol. The molecule has 0 aliphatic carbocycles. The Morgan fingerprint density at radius 3 is 2.59 bits per heavy atom. The monoisotopic (exact) mass is 515 g/mol. The quantitative estimate of drug-likeness (QED) is 0.118. The van der Waals surface area contributed by atoms with Gasteiger partial charge in [-0.2, -0.15) is 0 Å². The van der Waals surface area contributed by atoms with Crippen LogP contribution in [0.15, 0.2) is 72.3 Å². The number of anilines is 1. The Kier molecular flexibility index (Phi) is 6.18. The molecule has 1 atom stereocenters. The second-order valence-electron chi connectivity index (χ2n) is 8.45. The van der Waals surface area contributed by atoms with Crippen LogP contribution in [0.3, 0.4) is 0 Å². The number of ether oxygens (including phenoxy) is 1. The Bertz CT molecular complexity index is 1590. The third kappa shape index (κ3) is 4.31. The fourth-order valence-corrected chi connectivity index (χ4v) is 5.40. The van der Waals surface area contributed by atoms with Gasteiger partial charge in [-0.15, -0.1) is 0 Å². The van der Waals surface area contributed by atoms with Crippen molar-refractivity contribution in [2.75, 3.05) is 11.5 Å². The van der Waals surface area contributed by atoms with Gasteiger partial charge in [0.25, 0.3) is 11.5 Å². The molecule has 2 heterocycles. The largest absolute Gasteiger partial charge is 0.507 e. The van der Waals surface area contributed by atoms with Crippen molar-refractivity contribution in [1.29, 1.82) is 0 Å². The summed E-state index contributed by atoms with van der Waals surface area (Å²) in [4.78, 5) is 43.5. The third-order valence-corrected chi connectivity index (χ3v) is 7.04. The minimum atomic E-state index is -1.12. The first-order chi connectivity index (χ1) is 17.8. The van der Waals surface area contributed by atoms with E-state index < -0.39 is 28.4 Å². The number of benzene rings is 3. The molecule has 186 valence electrons. The molecule has 1 unspecified atom stereocenters. The number of aryl methyl sites for hydroxylation is 1. The van der Waals surface area contributed by atoms with Crippen molar-refractivity contribution < 1.29 is 24.4 Å². The smallest absolute Gasteiger partial charge is 0.301 e. The number of Topliss-reactive ketones (excluding diaryl/α,β-unsaturated/α-hetero) is 1. The highest BCUT2D eigenvalue weighted by molar-refractivity contribution is 7.22. The van der Waals surface area contributed by atoms with E-state index in [4.69, 9.17) is 4.74 Å². The van der Waals surface area contributed by atoms with Crippen molar-refractivity contribution in [3.63, 3.8) is 0 Å². The zero-order valence-corrected chi connectivity index (χ0v) is 20.7. The second kappa shape index (κ2) is 9.47. The van der Waals surface area contributed by atoms with E-state index in [0.717, 1.165) is 10.3 Å². The van der Waals surface area contributed by atoms with Gasteiger partial charge in [-0.3, -0.25) is 24.6 Å². The third-order valence-electron chi connectivity index (χ3n) is 6.02. The van der Waals surface area contributed by atoms with Crippen LogP contribution in [-0.4, -0.2) is 33.3 Å². The zero-order chi connectivity index (χ0) is 26.3. The van der Waals surface area contributed by atoms with Crippen LogP contribution >= 0.6 is 11.3 Å². The molecule has 5 rings (SSSR count). The van der Waals surface area contributed by atoms with E-state index in [2.05, 4.69) is 4.98 Å². The molecule has 4 aromatic rings. The summed E-state index contributed by atoms with van der Waals surface area (Å²) in [5.41, 5.74) is 1.88. The van der Waals surface area contributed by atoms with Gasteiger partial charge in [0, 0.05) is 17.7 Å². The molecular formula is C27H21N3O6S. The Morgan fingerprint density at radius 2 is 1.89 bits per heavy atom. The molecule has 1 amide bonds. The average molecular weight is 516 g/mol. The number of rotatable bonds is 6. The number of non-ortho nitro benzene ring substituents is 1. The Labute approximate surface area is 215 Å². The summed E-state index contributed by atoms with van der Waals surface area (Å²) < 4.78 is 6.27. The van der Waals surface area contributed by atoms with E-state index in [-0.39, 0.29) is 16.4 Å². The fraction of sp³-hybridized carbons (Fsp3) is 0.148. The van der Waals surface area contributed by atoms with Gasteiger partial charge in [-0.25, -0.2) is 4.98 Å². The number of ketones is 1. The summed E-state index contributed by atoms with van der Waals surface area (Å²) >= 11 is 1.23. The Balaban J connectivity index is 1.71. The SMILES string of the molecule is CCOc1ccc(C(O)=C2C(=O)C(=O)N(c3nc4ccc(C)cc4s3)C2c2cccc([N+](=O)[O-])c2)cc1. The highest BCUT2D eigenvalue weighted by Crippen LogP contribution is 2.45. The van der Waals surface area contributed by atoms with E-state index in [1.807, 2.05) is 32.0 Å². The molecule has 1 aromatic heterocycles. The number of nitrogens with zero attached hydrogens (tertiary/aromatic N) is 3. The van der Waals surface area contributed by atoms with Crippen molar-refractivity contribution >= 4 is 49.8 Å². The van der Waals surface area contributed by atoms with E-state index in [1.165, 1.54) is 34.4 Å². The molecule has 0 saturated carbocycles. The van der Waals surface area contributed by atoms with E-state index in [9.17, 15) is 24.8 Å². The predicted molar refractivity (Wildman–Crippen MR) is 140 cm³/mol. The molecule has 1 saturated heterocycles. The highest BCUT2D eigenvalue weighted by atomic mass is 32.1. The lowest BCUT2D eigenvalue weighted by Gasteiger charge is -2.22. The standard InChI is InChI=1S/C27H21N3O6S/c1-3-36-19-10-8-16(9-11-19)24(31)22-23(17-5-4-6-18(14-17)30(34)35)29(26(33)25(22)32)27-28-20-12-7-15(2)13-21(20)37-27/h4-14,23,31H,3H2,1-2H3. The molecule has 1 N–H and O–H groups in total. The van der Waals surface area contributed by atoms with Gasteiger partial charge in [0.05, 0.1) is 33.4 Å². The van der Waals surface area contributed by atoms with Crippen LogP contribution in [0, 0.1) is 17.0 Å². The number of thiazole rings is 1. The van der Waals surface area contributed by atoms with Gasteiger partial charge in [0.15, 0.2) is 5.13 Å². The highest BCUT2D eigenvalue weighted by Gasteiger charge is 2.48. The van der Waals surface area contributed by atoms with Crippen molar-refractivity contribution in [3.05, 3.63) is 99.1 Å². The number of aliphatic hydroxyl groups is 1. The average Bonchev–Trinajstić information content (AvgIpc) is 3.42. The molecule has 37 heavy (non-hydrogen) atoms. The van der Waals surface area contributed by atoms with Gasteiger partial charge in [-0.05, 0) is 61.4 Å². The van der Waals surface area contributed by atoms with Crippen LogP contribution in [0.25, 0.3) is 16.0 Å². The summed E-state index contributed by atoms with van der Waals surface area (Å²) in [5.74, 6) is -1.59. The molecule has 0 bridgehead atoms. The number of aliphatic hydroxyl groups excluding tert-OH is 1. The number of aromatic nitrogens is 1. The summed E-state index contributed by atoms with van der Waals surface area (Å²) in [6, 6.07) is 16.7. The van der Waals surface area contributed by atoms with Gasteiger partial charge >= 0.3 is 5.91 Å². The minimum Gasteiger partial charge on any atom is -0.507 e. The molecule has 0 radical (unpaired) electrons. The summed E-state index contributed by atoms with van der Waals surface area (Å²) in [5, 5.41) is 23.0. The number of hydrogen-bond acceptors (Lipinski definition) is 8. The topological polar surface area (TPSA) is 123 Å². The van der Waals surface area contributed by atoms with Crippen molar-refractivity contribution in [2.24, 2.45) is 0 Å². The molecule has 1 fully saturated rings. The molecule has 3 aromatic carbocycles. The number of nitro benzene ring substituents is 1. The first-order valence-electron chi connectivity index (χ1n) is 11.4. The van der Waals surface area contributed by atoms with Crippen molar-refractivity contribution in [3.8, 4) is 5.75 Å². The second-order valence-corrected chi connectivity index (χ2v) is 9.46. The lowest BCUT2D eigenvalue weighted by molar-refractivity contribution is -0.384. The maximum Gasteiger partial charge on any atom is 0.301 e. The molecule has 1 aliphatic rings. The summed E-state index contributed by atoms with van der Waals surface area (Å²) in [6.45, 7) is 4.24. The number of carbonyl (C=O) groups is 2.